The highest BCUT2D eigenvalue weighted by atomic mass is 16.6. The SMILES string of the molecule is COc1ccc(OC(C)C)c([N+](=O)[O-])c1. The van der Waals surface area contributed by atoms with Gasteiger partial charge in [-0.1, -0.05) is 0 Å². The summed E-state index contributed by atoms with van der Waals surface area (Å²) in [5.74, 6) is 0.702. The van der Waals surface area contributed by atoms with E-state index in [4.69, 9.17) is 9.47 Å². The van der Waals surface area contributed by atoms with Crippen LogP contribution >= 0.6 is 0 Å². The fourth-order valence-corrected chi connectivity index (χ4v) is 1.12. The number of methoxy groups -OCH3 is 1. The van der Waals surface area contributed by atoms with E-state index in [2.05, 4.69) is 0 Å². The van der Waals surface area contributed by atoms with E-state index in [1.165, 1.54) is 19.2 Å². The molecule has 5 nitrogen and oxygen atoms in total. The molecule has 1 aromatic rings. The molecule has 0 aliphatic rings. The van der Waals surface area contributed by atoms with Crippen molar-refractivity contribution in [2.45, 2.75) is 20.0 Å². The lowest BCUT2D eigenvalue weighted by atomic mass is 10.2. The van der Waals surface area contributed by atoms with Gasteiger partial charge in [-0.05, 0) is 26.0 Å². The van der Waals surface area contributed by atoms with E-state index in [9.17, 15) is 10.1 Å². The molecule has 0 aliphatic carbocycles. The van der Waals surface area contributed by atoms with Crippen molar-refractivity contribution in [2.75, 3.05) is 7.11 Å². The molecule has 1 aromatic carbocycles. The van der Waals surface area contributed by atoms with Gasteiger partial charge in [-0.3, -0.25) is 10.1 Å². The van der Waals surface area contributed by atoms with Crippen molar-refractivity contribution >= 4 is 5.69 Å². The summed E-state index contributed by atoms with van der Waals surface area (Å²) in [6.45, 7) is 3.63. The predicted molar refractivity (Wildman–Crippen MR) is 55.4 cm³/mol. The summed E-state index contributed by atoms with van der Waals surface area (Å²) in [5, 5.41) is 10.7. The number of hydrogen-bond donors (Lipinski definition) is 0. The number of nitrogens with zero attached hydrogens (tertiary/aromatic N) is 1. The summed E-state index contributed by atoms with van der Waals surface area (Å²) in [7, 11) is 1.46. The molecule has 0 amide bonds. The second-order valence-corrected chi connectivity index (χ2v) is 3.26. The van der Waals surface area contributed by atoms with E-state index in [-0.39, 0.29) is 17.5 Å². The summed E-state index contributed by atoms with van der Waals surface area (Å²) in [5.41, 5.74) is -0.0805. The van der Waals surface area contributed by atoms with Crippen molar-refractivity contribution in [3.05, 3.63) is 28.3 Å². The van der Waals surface area contributed by atoms with Gasteiger partial charge in [-0.25, -0.2) is 0 Å². The number of benzene rings is 1. The van der Waals surface area contributed by atoms with Crippen LogP contribution in [0.25, 0.3) is 0 Å². The standard InChI is InChI=1S/C10H13NO4/c1-7(2)15-10-5-4-8(14-3)6-9(10)11(12)13/h4-7H,1-3H3. The van der Waals surface area contributed by atoms with Gasteiger partial charge in [-0.2, -0.15) is 0 Å². The van der Waals surface area contributed by atoms with Crippen LogP contribution in [0, 0.1) is 10.1 Å². The summed E-state index contributed by atoms with van der Waals surface area (Å²) in [6.07, 6.45) is -0.0999. The van der Waals surface area contributed by atoms with Crippen molar-refractivity contribution in [3.8, 4) is 11.5 Å². The Morgan fingerprint density at radius 3 is 2.53 bits per heavy atom. The van der Waals surface area contributed by atoms with Crippen LogP contribution in [0.5, 0.6) is 11.5 Å². The molecule has 0 atom stereocenters. The second kappa shape index (κ2) is 4.63. The Hall–Kier alpha value is -1.78. The number of ether oxygens (including phenoxy) is 2. The van der Waals surface area contributed by atoms with E-state index in [1.807, 2.05) is 13.8 Å². The van der Waals surface area contributed by atoms with E-state index in [0.717, 1.165) is 0 Å². The molecule has 0 N–H and O–H groups in total. The minimum atomic E-state index is -0.486. The fourth-order valence-electron chi connectivity index (χ4n) is 1.12. The lowest BCUT2D eigenvalue weighted by molar-refractivity contribution is -0.386. The molecule has 0 bridgehead atoms. The largest absolute Gasteiger partial charge is 0.496 e. The van der Waals surface area contributed by atoms with Crippen molar-refractivity contribution in [1.29, 1.82) is 0 Å². The molecule has 0 spiro atoms. The second-order valence-electron chi connectivity index (χ2n) is 3.26. The van der Waals surface area contributed by atoms with Gasteiger partial charge < -0.3 is 9.47 Å². The van der Waals surface area contributed by atoms with Crippen LogP contribution in [-0.4, -0.2) is 18.1 Å². The topological polar surface area (TPSA) is 61.6 Å². The monoisotopic (exact) mass is 211 g/mol. The molecule has 1 rings (SSSR count). The highest BCUT2D eigenvalue weighted by molar-refractivity contribution is 5.50. The third-order valence-electron chi connectivity index (χ3n) is 1.73. The van der Waals surface area contributed by atoms with Crippen LogP contribution in [0.4, 0.5) is 5.69 Å². The normalized spacial score (nSPS) is 10.1. The Bertz CT molecular complexity index is 362. The first-order valence-electron chi connectivity index (χ1n) is 4.53. The van der Waals surface area contributed by atoms with Crippen molar-refractivity contribution < 1.29 is 14.4 Å². The van der Waals surface area contributed by atoms with Crippen LogP contribution in [0.1, 0.15) is 13.8 Å². The lowest BCUT2D eigenvalue weighted by Gasteiger charge is -2.10. The zero-order valence-electron chi connectivity index (χ0n) is 8.89. The Balaban J connectivity index is 3.09. The zero-order valence-corrected chi connectivity index (χ0v) is 8.89. The summed E-state index contributed by atoms with van der Waals surface area (Å²) in [4.78, 5) is 10.3. The molecule has 0 fully saturated rings. The lowest BCUT2D eigenvalue weighted by Crippen LogP contribution is -2.07. The third-order valence-corrected chi connectivity index (χ3v) is 1.73. The van der Waals surface area contributed by atoms with E-state index < -0.39 is 4.92 Å². The summed E-state index contributed by atoms with van der Waals surface area (Å²) >= 11 is 0. The Morgan fingerprint density at radius 1 is 1.40 bits per heavy atom. The molecule has 5 heteroatoms. The molecule has 0 heterocycles. The Morgan fingerprint density at radius 2 is 2.07 bits per heavy atom. The number of rotatable bonds is 4. The molecular weight excluding hydrogens is 198 g/mol. The molecule has 15 heavy (non-hydrogen) atoms. The molecule has 0 saturated heterocycles. The molecule has 0 aliphatic heterocycles. The van der Waals surface area contributed by atoms with Gasteiger partial charge in [-0.15, -0.1) is 0 Å². The first-order valence-corrected chi connectivity index (χ1v) is 4.53. The Labute approximate surface area is 87.8 Å². The maximum absolute atomic E-state index is 10.7. The third kappa shape index (κ3) is 2.83. The van der Waals surface area contributed by atoms with Crippen LogP contribution in [0.3, 0.4) is 0 Å². The van der Waals surface area contributed by atoms with Gasteiger partial charge >= 0.3 is 5.69 Å². The predicted octanol–water partition coefficient (Wildman–Crippen LogP) is 2.39. The molecule has 0 radical (unpaired) electrons. The quantitative estimate of drug-likeness (QED) is 0.566. The van der Waals surface area contributed by atoms with Crippen LogP contribution in [0.15, 0.2) is 18.2 Å². The maximum Gasteiger partial charge on any atom is 0.314 e. The van der Waals surface area contributed by atoms with Gasteiger partial charge in [0.15, 0.2) is 5.75 Å². The van der Waals surface area contributed by atoms with Crippen LogP contribution < -0.4 is 9.47 Å². The number of nitro groups is 1. The first kappa shape index (κ1) is 11.3. The average Bonchev–Trinajstić information content (AvgIpc) is 2.17. The molecular formula is C10H13NO4. The van der Waals surface area contributed by atoms with Gasteiger partial charge in [0.25, 0.3) is 0 Å². The van der Waals surface area contributed by atoms with Gasteiger partial charge in [0.2, 0.25) is 0 Å². The molecule has 0 unspecified atom stereocenters. The van der Waals surface area contributed by atoms with E-state index in [0.29, 0.717) is 5.75 Å². The maximum atomic E-state index is 10.7. The van der Waals surface area contributed by atoms with Gasteiger partial charge in [0.05, 0.1) is 24.2 Å². The molecule has 82 valence electrons. The van der Waals surface area contributed by atoms with Crippen LogP contribution in [0.2, 0.25) is 0 Å². The van der Waals surface area contributed by atoms with Gasteiger partial charge in [0, 0.05) is 0 Å². The molecule has 0 saturated carbocycles. The first-order chi connectivity index (χ1) is 7.04. The molecule has 0 aromatic heterocycles. The smallest absolute Gasteiger partial charge is 0.314 e. The van der Waals surface area contributed by atoms with Crippen molar-refractivity contribution in [2.24, 2.45) is 0 Å². The highest BCUT2D eigenvalue weighted by Gasteiger charge is 2.17. The van der Waals surface area contributed by atoms with Gasteiger partial charge in [0.1, 0.15) is 5.75 Å². The summed E-state index contributed by atoms with van der Waals surface area (Å²) in [6, 6.07) is 4.51. The zero-order chi connectivity index (χ0) is 11.4. The number of hydrogen-bond acceptors (Lipinski definition) is 4. The summed E-state index contributed by atoms with van der Waals surface area (Å²) < 4.78 is 10.2. The minimum absolute atomic E-state index is 0.0805. The fraction of sp³-hybridized carbons (Fsp3) is 0.400. The van der Waals surface area contributed by atoms with Crippen molar-refractivity contribution in [3.63, 3.8) is 0 Å². The van der Waals surface area contributed by atoms with E-state index in [1.54, 1.807) is 6.07 Å². The van der Waals surface area contributed by atoms with Crippen molar-refractivity contribution in [1.82, 2.24) is 0 Å². The number of nitro benzene ring substituents is 1. The highest BCUT2D eigenvalue weighted by Crippen LogP contribution is 2.31. The average molecular weight is 211 g/mol. The minimum Gasteiger partial charge on any atom is -0.496 e. The van der Waals surface area contributed by atoms with E-state index >= 15 is 0 Å². The Kier molecular flexibility index (Phi) is 3.49. The van der Waals surface area contributed by atoms with Crippen LogP contribution in [-0.2, 0) is 0 Å².